The highest BCUT2D eigenvalue weighted by atomic mass is 16.5. The molecule has 0 unspecified atom stereocenters. The van der Waals surface area contributed by atoms with Gasteiger partial charge in [-0.2, -0.15) is 10.4 Å². The maximum Gasteiger partial charge on any atom is 0.130 e. The Kier molecular flexibility index (Phi) is 4.19. The van der Waals surface area contributed by atoms with Gasteiger partial charge in [-0.05, 0) is 37.6 Å². The van der Waals surface area contributed by atoms with E-state index in [9.17, 15) is 0 Å². The van der Waals surface area contributed by atoms with Crippen molar-refractivity contribution in [3.8, 4) is 11.8 Å². The lowest BCUT2D eigenvalue weighted by Gasteiger charge is -2.08. The predicted molar refractivity (Wildman–Crippen MR) is 72.7 cm³/mol. The number of nitrogens with zero attached hydrogens (tertiary/aromatic N) is 3. The molecule has 0 saturated heterocycles. The van der Waals surface area contributed by atoms with Crippen molar-refractivity contribution in [1.29, 1.82) is 5.26 Å². The van der Waals surface area contributed by atoms with Crippen LogP contribution in [0.1, 0.15) is 23.9 Å². The second-order valence-corrected chi connectivity index (χ2v) is 4.36. The van der Waals surface area contributed by atoms with Crippen LogP contribution in [0.4, 0.5) is 0 Å². The fourth-order valence-corrected chi connectivity index (χ4v) is 1.94. The Labute approximate surface area is 113 Å². The molecule has 2 rings (SSSR count). The van der Waals surface area contributed by atoms with E-state index in [-0.39, 0.29) is 0 Å². The molecule has 0 bridgehead atoms. The van der Waals surface area contributed by atoms with Crippen molar-refractivity contribution in [2.75, 3.05) is 0 Å². The molecule has 0 radical (unpaired) electrons. The molecule has 0 atom stereocenters. The lowest BCUT2D eigenvalue weighted by atomic mass is 10.2. The highest BCUT2D eigenvalue weighted by Gasteiger charge is 2.04. The third-order valence-electron chi connectivity index (χ3n) is 2.88. The molecule has 0 amide bonds. The van der Waals surface area contributed by atoms with E-state index in [4.69, 9.17) is 10.00 Å². The maximum absolute atomic E-state index is 8.61. The van der Waals surface area contributed by atoms with Gasteiger partial charge in [-0.25, -0.2) is 0 Å². The molecule has 0 spiro atoms. The Balaban J connectivity index is 2.00. The first-order valence-electron chi connectivity index (χ1n) is 6.35. The van der Waals surface area contributed by atoms with Gasteiger partial charge in [0.05, 0.1) is 23.9 Å². The predicted octanol–water partition coefficient (Wildman–Crippen LogP) is 2.86. The van der Waals surface area contributed by atoms with E-state index >= 15 is 0 Å². The van der Waals surface area contributed by atoms with Crippen LogP contribution in [0.3, 0.4) is 0 Å². The van der Waals surface area contributed by atoms with Crippen molar-refractivity contribution in [2.24, 2.45) is 0 Å². The summed E-state index contributed by atoms with van der Waals surface area (Å²) in [6.45, 7) is 5.39. The number of benzene rings is 1. The summed E-state index contributed by atoms with van der Waals surface area (Å²) < 4.78 is 7.68. The molecule has 4 nitrogen and oxygen atoms in total. The van der Waals surface area contributed by atoms with E-state index in [0.29, 0.717) is 13.0 Å². The summed E-state index contributed by atoms with van der Waals surface area (Å²) in [5, 5.41) is 13.0. The van der Waals surface area contributed by atoms with Gasteiger partial charge in [-0.15, -0.1) is 0 Å². The zero-order valence-corrected chi connectivity index (χ0v) is 11.3. The van der Waals surface area contributed by atoms with E-state index in [1.807, 2.05) is 41.9 Å². The molecule has 1 aromatic carbocycles. The number of rotatable bonds is 5. The molecule has 0 aliphatic rings. The molecule has 0 fully saturated rings. The second-order valence-electron chi connectivity index (χ2n) is 4.36. The number of aryl methyl sites for hydroxylation is 2. The summed E-state index contributed by atoms with van der Waals surface area (Å²) in [6.07, 6.45) is 0.433. The molecular weight excluding hydrogens is 238 g/mol. The quantitative estimate of drug-likeness (QED) is 0.825. The van der Waals surface area contributed by atoms with Gasteiger partial charge in [0.15, 0.2) is 0 Å². The molecule has 2 aromatic rings. The van der Waals surface area contributed by atoms with Crippen LogP contribution in [0.2, 0.25) is 0 Å². The van der Waals surface area contributed by atoms with Gasteiger partial charge in [0.1, 0.15) is 12.4 Å². The zero-order chi connectivity index (χ0) is 13.7. The standard InChI is InChI=1S/C15H17N3O/c1-3-18-14(10-12(2)17-18)11-19-15-6-4-13(5-7-15)8-9-16/h4-7,10H,3,8,11H2,1-2H3. The lowest BCUT2D eigenvalue weighted by molar-refractivity contribution is 0.292. The first-order valence-corrected chi connectivity index (χ1v) is 6.35. The van der Waals surface area contributed by atoms with Gasteiger partial charge < -0.3 is 4.74 Å². The van der Waals surface area contributed by atoms with Crippen LogP contribution in [0.5, 0.6) is 5.75 Å². The minimum absolute atomic E-state index is 0.433. The minimum atomic E-state index is 0.433. The van der Waals surface area contributed by atoms with Crippen LogP contribution in [0.15, 0.2) is 30.3 Å². The average molecular weight is 255 g/mol. The van der Waals surface area contributed by atoms with Crippen molar-refractivity contribution in [3.63, 3.8) is 0 Å². The van der Waals surface area contributed by atoms with Gasteiger partial charge in [0.2, 0.25) is 0 Å². The van der Waals surface area contributed by atoms with E-state index in [1.54, 1.807) is 0 Å². The smallest absolute Gasteiger partial charge is 0.130 e. The highest BCUT2D eigenvalue weighted by molar-refractivity contribution is 5.28. The van der Waals surface area contributed by atoms with Crippen LogP contribution in [0, 0.1) is 18.3 Å². The van der Waals surface area contributed by atoms with Crippen LogP contribution in [-0.4, -0.2) is 9.78 Å². The SMILES string of the molecule is CCn1nc(C)cc1COc1ccc(CC#N)cc1. The van der Waals surface area contributed by atoms with Gasteiger partial charge in [-0.3, -0.25) is 4.68 Å². The van der Waals surface area contributed by atoms with Crippen LogP contribution in [0.25, 0.3) is 0 Å². The summed E-state index contributed by atoms with van der Waals surface area (Å²) >= 11 is 0. The third-order valence-corrected chi connectivity index (χ3v) is 2.88. The van der Waals surface area contributed by atoms with Crippen molar-refractivity contribution >= 4 is 0 Å². The summed E-state index contributed by atoms with van der Waals surface area (Å²) in [5.41, 5.74) is 3.08. The maximum atomic E-state index is 8.61. The van der Waals surface area contributed by atoms with Crippen molar-refractivity contribution in [2.45, 2.75) is 33.4 Å². The third kappa shape index (κ3) is 3.35. The summed E-state index contributed by atoms with van der Waals surface area (Å²) in [6, 6.07) is 11.8. The molecule has 98 valence electrons. The van der Waals surface area contributed by atoms with E-state index in [0.717, 1.165) is 29.2 Å². The molecule has 0 N–H and O–H groups in total. The number of nitriles is 1. The van der Waals surface area contributed by atoms with Crippen LogP contribution in [-0.2, 0) is 19.6 Å². The fourth-order valence-electron chi connectivity index (χ4n) is 1.94. The first-order chi connectivity index (χ1) is 9.22. The number of aromatic nitrogens is 2. The van der Waals surface area contributed by atoms with E-state index in [1.165, 1.54) is 0 Å². The molecule has 0 aliphatic carbocycles. The number of hydrogen-bond donors (Lipinski definition) is 0. The Morgan fingerprint density at radius 3 is 2.68 bits per heavy atom. The summed E-state index contributed by atoms with van der Waals surface area (Å²) in [7, 11) is 0. The molecule has 0 aliphatic heterocycles. The van der Waals surface area contributed by atoms with Gasteiger partial charge in [0.25, 0.3) is 0 Å². The molecule has 19 heavy (non-hydrogen) atoms. The van der Waals surface area contributed by atoms with Gasteiger partial charge in [0, 0.05) is 6.54 Å². The molecule has 4 heteroatoms. The Bertz CT molecular complexity index is 578. The normalized spacial score (nSPS) is 10.2. The Morgan fingerprint density at radius 2 is 2.05 bits per heavy atom. The van der Waals surface area contributed by atoms with Crippen LogP contribution >= 0.6 is 0 Å². The molecule has 1 aromatic heterocycles. The molecular formula is C15H17N3O. The summed E-state index contributed by atoms with van der Waals surface area (Å²) in [5.74, 6) is 0.809. The topological polar surface area (TPSA) is 50.8 Å². The van der Waals surface area contributed by atoms with Crippen molar-refractivity contribution < 1.29 is 4.74 Å². The first kappa shape index (κ1) is 13.2. The monoisotopic (exact) mass is 255 g/mol. The molecule has 1 heterocycles. The minimum Gasteiger partial charge on any atom is -0.487 e. The number of hydrogen-bond acceptors (Lipinski definition) is 3. The largest absolute Gasteiger partial charge is 0.487 e. The van der Waals surface area contributed by atoms with Gasteiger partial charge in [-0.1, -0.05) is 12.1 Å². The number of ether oxygens (including phenoxy) is 1. The zero-order valence-electron chi connectivity index (χ0n) is 11.3. The van der Waals surface area contributed by atoms with Crippen molar-refractivity contribution in [3.05, 3.63) is 47.3 Å². The Hall–Kier alpha value is -2.28. The van der Waals surface area contributed by atoms with Crippen molar-refractivity contribution in [1.82, 2.24) is 9.78 Å². The van der Waals surface area contributed by atoms with Crippen LogP contribution < -0.4 is 4.74 Å². The molecule has 0 saturated carbocycles. The lowest BCUT2D eigenvalue weighted by Crippen LogP contribution is -2.06. The fraction of sp³-hybridized carbons (Fsp3) is 0.333. The van der Waals surface area contributed by atoms with E-state index in [2.05, 4.69) is 18.1 Å². The Morgan fingerprint density at radius 1 is 1.32 bits per heavy atom. The highest BCUT2D eigenvalue weighted by Crippen LogP contribution is 2.15. The van der Waals surface area contributed by atoms with Gasteiger partial charge >= 0.3 is 0 Å². The summed E-state index contributed by atoms with van der Waals surface area (Å²) in [4.78, 5) is 0. The second kappa shape index (κ2) is 6.05. The van der Waals surface area contributed by atoms with E-state index < -0.39 is 0 Å². The average Bonchev–Trinajstić information content (AvgIpc) is 2.79.